The molecule has 0 unspecified atom stereocenters. The number of nitrogens with zero attached hydrogens (tertiary/aromatic N) is 1. The van der Waals surface area contributed by atoms with Gasteiger partial charge >= 0.3 is 0 Å². The predicted octanol–water partition coefficient (Wildman–Crippen LogP) is 0.938. The number of rotatable bonds is 4. The average Bonchev–Trinajstić information content (AvgIpc) is 3.11. The van der Waals surface area contributed by atoms with Crippen LogP contribution in [0.25, 0.3) is 0 Å². The van der Waals surface area contributed by atoms with E-state index >= 15 is 0 Å². The van der Waals surface area contributed by atoms with Crippen molar-refractivity contribution in [3.05, 3.63) is 0 Å². The Morgan fingerprint density at radius 1 is 1.47 bits per heavy atom. The van der Waals surface area contributed by atoms with E-state index in [1.54, 1.807) is 7.11 Å². The first kappa shape index (κ1) is 12.8. The van der Waals surface area contributed by atoms with Gasteiger partial charge in [-0.3, -0.25) is 4.79 Å². The minimum absolute atomic E-state index is 0.154. The maximum absolute atomic E-state index is 12.3. The number of hydrogen-bond acceptors (Lipinski definition) is 3. The standard InChI is InChI=1S/C12H20N2O2S/c1-16-8-9-2-6-14(7-3-9)11(15)12(4-5-12)10(13)17/h9H,2-8H2,1H3,(H2,13,17). The summed E-state index contributed by atoms with van der Waals surface area (Å²) in [5.41, 5.74) is 5.20. The smallest absolute Gasteiger partial charge is 0.235 e. The molecule has 1 saturated heterocycles. The van der Waals surface area contributed by atoms with Crippen LogP contribution in [-0.2, 0) is 9.53 Å². The fourth-order valence-corrected chi connectivity index (χ4v) is 2.82. The number of nitrogens with two attached hydrogens (primary N) is 1. The maximum atomic E-state index is 12.3. The molecular formula is C12H20N2O2S. The van der Waals surface area contributed by atoms with Crippen molar-refractivity contribution in [1.29, 1.82) is 0 Å². The third-order valence-corrected chi connectivity index (χ3v) is 4.33. The summed E-state index contributed by atoms with van der Waals surface area (Å²) in [6.07, 6.45) is 3.71. The third-order valence-electron chi connectivity index (χ3n) is 3.94. The maximum Gasteiger partial charge on any atom is 0.235 e. The molecular weight excluding hydrogens is 236 g/mol. The van der Waals surface area contributed by atoms with Crippen LogP contribution in [0.2, 0.25) is 0 Å². The Bertz CT molecular complexity index is 320. The van der Waals surface area contributed by atoms with E-state index in [4.69, 9.17) is 22.7 Å². The van der Waals surface area contributed by atoms with Gasteiger partial charge in [0.2, 0.25) is 5.91 Å². The summed E-state index contributed by atoms with van der Waals surface area (Å²) in [6.45, 7) is 2.43. The van der Waals surface area contributed by atoms with Crippen molar-refractivity contribution < 1.29 is 9.53 Å². The van der Waals surface area contributed by atoms with E-state index in [1.165, 1.54) is 0 Å². The average molecular weight is 256 g/mol. The van der Waals surface area contributed by atoms with E-state index in [0.29, 0.717) is 10.9 Å². The molecule has 1 amide bonds. The Morgan fingerprint density at radius 3 is 2.47 bits per heavy atom. The van der Waals surface area contributed by atoms with Crippen LogP contribution in [0.1, 0.15) is 25.7 Å². The quantitative estimate of drug-likeness (QED) is 0.761. The second-order valence-corrected chi connectivity index (χ2v) is 5.58. The molecule has 17 heavy (non-hydrogen) atoms. The number of thiocarbonyl (C=S) groups is 1. The summed E-state index contributed by atoms with van der Waals surface area (Å²) in [6, 6.07) is 0. The van der Waals surface area contributed by atoms with E-state index in [1.807, 2.05) is 4.90 Å². The minimum Gasteiger partial charge on any atom is -0.392 e. The second-order valence-electron chi connectivity index (χ2n) is 5.14. The summed E-state index contributed by atoms with van der Waals surface area (Å²) in [5, 5.41) is 0. The normalized spacial score (nSPS) is 23.5. The SMILES string of the molecule is COCC1CCN(C(=O)C2(C(N)=S)CC2)CC1. The van der Waals surface area contributed by atoms with Crippen LogP contribution in [0.4, 0.5) is 0 Å². The molecule has 2 rings (SSSR count). The molecule has 5 heteroatoms. The van der Waals surface area contributed by atoms with Crippen LogP contribution in [0, 0.1) is 11.3 Å². The highest BCUT2D eigenvalue weighted by Crippen LogP contribution is 2.47. The first-order valence-corrected chi connectivity index (χ1v) is 6.59. The molecule has 2 aliphatic rings. The molecule has 1 aliphatic heterocycles. The van der Waals surface area contributed by atoms with Crippen molar-refractivity contribution >= 4 is 23.1 Å². The number of hydrogen-bond donors (Lipinski definition) is 1. The Balaban J connectivity index is 1.89. The zero-order chi connectivity index (χ0) is 12.5. The second kappa shape index (κ2) is 4.90. The van der Waals surface area contributed by atoms with E-state index in [0.717, 1.165) is 45.4 Å². The zero-order valence-electron chi connectivity index (χ0n) is 10.3. The highest BCUT2D eigenvalue weighted by molar-refractivity contribution is 7.80. The Kier molecular flexibility index (Phi) is 3.68. The van der Waals surface area contributed by atoms with Crippen LogP contribution in [0.5, 0.6) is 0 Å². The molecule has 0 bridgehead atoms. The molecule has 0 aromatic rings. The van der Waals surface area contributed by atoms with Crippen molar-refractivity contribution in [3.63, 3.8) is 0 Å². The minimum atomic E-state index is -0.483. The molecule has 1 aliphatic carbocycles. The molecule has 2 fully saturated rings. The van der Waals surface area contributed by atoms with E-state index < -0.39 is 5.41 Å². The predicted molar refractivity (Wildman–Crippen MR) is 69.6 cm³/mol. The topological polar surface area (TPSA) is 55.6 Å². The summed E-state index contributed by atoms with van der Waals surface area (Å²) < 4.78 is 5.15. The van der Waals surface area contributed by atoms with Gasteiger partial charge in [0.05, 0.1) is 10.4 Å². The van der Waals surface area contributed by atoms with Crippen molar-refractivity contribution in [2.24, 2.45) is 17.1 Å². The monoisotopic (exact) mass is 256 g/mol. The number of piperidine rings is 1. The van der Waals surface area contributed by atoms with Gasteiger partial charge in [0.1, 0.15) is 0 Å². The summed E-state index contributed by atoms with van der Waals surface area (Å²) >= 11 is 5.01. The number of amides is 1. The lowest BCUT2D eigenvalue weighted by atomic mass is 9.95. The highest BCUT2D eigenvalue weighted by atomic mass is 32.1. The number of likely N-dealkylation sites (tertiary alicyclic amines) is 1. The fourth-order valence-electron chi connectivity index (χ4n) is 2.53. The Hall–Kier alpha value is -0.680. The summed E-state index contributed by atoms with van der Waals surface area (Å²) in [5.74, 6) is 0.741. The molecule has 1 heterocycles. The zero-order valence-corrected chi connectivity index (χ0v) is 11.1. The van der Waals surface area contributed by atoms with Gasteiger partial charge in [0, 0.05) is 26.8 Å². The van der Waals surface area contributed by atoms with Crippen molar-refractivity contribution in [1.82, 2.24) is 4.90 Å². The van der Waals surface area contributed by atoms with E-state index in [9.17, 15) is 4.79 Å². The lowest BCUT2D eigenvalue weighted by Gasteiger charge is -2.34. The van der Waals surface area contributed by atoms with E-state index in [-0.39, 0.29) is 5.91 Å². The van der Waals surface area contributed by atoms with Crippen LogP contribution < -0.4 is 5.73 Å². The first-order valence-electron chi connectivity index (χ1n) is 6.18. The molecule has 1 saturated carbocycles. The van der Waals surface area contributed by atoms with Crippen LogP contribution >= 0.6 is 12.2 Å². The van der Waals surface area contributed by atoms with Gasteiger partial charge in [0.15, 0.2) is 0 Å². The molecule has 0 radical (unpaired) electrons. The number of methoxy groups -OCH3 is 1. The first-order chi connectivity index (χ1) is 8.10. The largest absolute Gasteiger partial charge is 0.392 e. The molecule has 0 aromatic carbocycles. The van der Waals surface area contributed by atoms with Gasteiger partial charge in [-0.2, -0.15) is 0 Å². The van der Waals surface area contributed by atoms with Gasteiger partial charge in [-0.1, -0.05) is 12.2 Å². The van der Waals surface area contributed by atoms with Gasteiger partial charge in [0.25, 0.3) is 0 Å². The fraction of sp³-hybridized carbons (Fsp3) is 0.833. The Labute approximate surface area is 107 Å². The number of carbonyl (C=O) groups excluding carboxylic acids is 1. The molecule has 96 valence electrons. The lowest BCUT2D eigenvalue weighted by molar-refractivity contribution is -0.136. The van der Waals surface area contributed by atoms with Crippen molar-refractivity contribution in [3.8, 4) is 0 Å². The van der Waals surface area contributed by atoms with Gasteiger partial charge in [-0.05, 0) is 31.6 Å². The highest BCUT2D eigenvalue weighted by Gasteiger charge is 2.54. The van der Waals surface area contributed by atoms with Crippen molar-refractivity contribution in [2.45, 2.75) is 25.7 Å². The lowest BCUT2D eigenvalue weighted by Crippen LogP contribution is -2.46. The number of carbonyl (C=O) groups is 1. The number of ether oxygens (including phenoxy) is 1. The summed E-state index contributed by atoms with van der Waals surface area (Å²) in [7, 11) is 1.73. The molecule has 2 N–H and O–H groups in total. The Morgan fingerprint density at radius 2 is 2.06 bits per heavy atom. The van der Waals surface area contributed by atoms with Crippen LogP contribution in [-0.4, -0.2) is 42.6 Å². The molecule has 4 nitrogen and oxygen atoms in total. The van der Waals surface area contributed by atoms with Gasteiger partial charge < -0.3 is 15.4 Å². The summed E-state index contributed by atoms with van der Waals surface area (Å²) in [4.78, 5) is 14.6. The molecule has 0 aromatic heterocycles. The van der Waals surface area contributed by atoms with Crippen molar-refractivity contribution in [2.75, 3.05) is 26.8 Å². The van der Waals surface area contributed by atoms with Gasteiger partial charge in [-0.25, -0.2) is 0 Å². The van der Waals surface area contributed by atoms with E-state index in [2.05, 4.69) is 0 Å². The third kappa shape index (κ3) is 2.45. The van der Waals surface area contributed by atoms with Crippen LogP contribution in [0.3, 0.4) is 0 Å². The van der Waals surface area contributed by atoms with Gasteiger partial charge in [-0.15, -0.1) is 0 Å². The molecule has 0 spiro atoms. The molecule has 0 atom stereocenters. The van der Waals surface area contributed by atoms with Crippen LogP contribution in [0.15, 0.2) is 0 Å².